The summed E-state index contributed by atoms with van der Waals surface area (Å²) >= 11 is 0. The Balaban J connectivity index is 1.55. The van der Waals surface area contributed by atoms with Crippen LogP contribution in [0.25, 0.3) is 5.76 Å². The van der Waals surface area contributed by atoms with Gasteiger partial charge in [0.15, 0.2) is 17.1 Å². The van der Waals surface area contributed by atoms with Crippen molar-refractivity contribution in [2.24, 2.45) is 17.6 Å². The Labute approximate surface area is 227 Å². The van der Waals surface area contributed by atoms with Crippen LogP contribution < -0.4 is 11.1 Å². The van der Waals surface area contributed by atoms with Crippen molar-refractivity contribution in [3.05, 3.63) is 39.4 Å². The summed E-state index contributed by atoms with van der Waals surface area (Å²) in [5.74, 6) is -9.32. The van der Waals surface area contributed by atoms with E-state index in [0.29, 0.717) is 13.0 Å². The van der Waals surface area contributed by atoms with Gasteiger partial charge in [-0.25, -0.2) is 4.39 Å². The van der Waals surface area contributed by atoms with E-state index in [1.165, 1.54) is 19.0 Å². The summed E-state index contributed by atoms with van der Waals surface area (Å²) in [5, 5.41) is 47.8. The maximum absolute atomic E-state index is 16.2. The first-order chi connectivity index (χ1) is 18.8. The fourth-order valence-electron chi connectivity index (χ4n) is 7.40. The number of aliphatic hydroxyl groups excluding tert-OH is 2. The lowest BCUT2D eigenvalue weighted by atomic mass is 9.57. The van der Waals surface area contributed by atoms with Crippen LogP contribution in [-0.2, 0) is 32.1 Å². The molecule has 1 aromatic carbocycles. The number of nitrogens with two attached hydrogens (primary N) is 1. The molecule has 6 rings (SSSR count). The number of carbonyl (C=O) groups is 4. The van der Waals surface area contributed by atoms with Crippen LogP contribution in [-0.4, -0.2) is 91.9 Å². The zero-order chi connectivity index (χ0) is 29.0. The van der Waals surface area contributed by atoms with Gasteiger partial charge in [0, 0.05) is 29.2 Å². The SMILES string of the molecule is CN(C)[C@@H]1C(=O)C(C(N)=O)=C(O)[C@@]2(O)C(=O)C3=C(O)c4c(O)c5c(c(F)c4C[C@H]3CC12)CN1CCC[C@H]1C(=O)N5. The van der Waals surface area contributed by atoms with E-state index in [9.17, 15) is 39.6 Å². The Morgan fingerprint density at radius 3 is 2.52 bits per heavy atom. The molecule has 1 saturated carbocycles. The lowest BCUT2D eigenvalue weighted by molar-refractivity contribution is -0.153. The summed E-state index contributed by atoms with van der Waals surface area (Å²) in [7, 11) is 3.00. The predicted molar refractivity (Wildman–Crippen MR) is 136 cm³/mol. The molecule has 40 heavy (non-hydrogen) atoms. The summed E-state index contributed by atoms with van der Waals surface area (Å²) in [6.07, 6.45) is 1.02. The number of Topliss-reactive ketones (excluding diaryl/α,β-unsaturated/α-hetero) is 2. The van der Waals surface area contributed by atoms with E-state index in [2.05, 4.69) is 5.32 Å². The molecular weight excluding hydrogens is 527 g/mol. The first-order valence-electron chi connectivity index (χ1n) is 13.1. The third-order valence-electron chi connectivity index (χ3n) is 9.20. The number of carbonyl (C=O) groups excluding carboxylic acids is 4. The first kappa shape index (κ1) is 26.4. The summed E-state index contributed by atoms with van der Waals surface area (Å²) in [6, 6.07) is -1.73. The number of likely N-dealkylation sites (N-methyl/N-ethyl adjacent to an activating group) is 1. The molecule has 2 aliphatic heterocycles. The highest BCUT2D eigenvalue weighted by molar-refractivity contribution is 6.24. The number of anilines is 1. The molecular formula is C27H29FN4O8. The summed E-state index contributed by atoms with van der Waals surface area (Å²) in [4.78, 5) is 55.2. The third-order valence-corrected chi connectivity index (χ3v) is 9.20. The van der Waals surface area contributed by atoms with Crippen LogP contribution in [0.4, 0.5) is 10.1 Å². The number of phenolic OH excluding ortho intramolecular Hbond substituents is 1. The van der Waals surface area contributed by atoms with Crippen LogP contribution in [0, 0.1) is 17.7 Å². The smallest absolute Gasteiger partial charge is 0.255 e. The van der Waals surface area contributed by atoms with E-state index in [0.717, 1.165) is 6.42 Å². The number of hydrogen-bond donors (Lipinski definition) is 6. The molecule has 1 saturated heterocycles. The third kappa shape index (κ3) is 3.22. The molecule has 2 amide bonds. The maximum atomic E-state index is 16.2. The van der Waals surface area contributed by atoms with Crippen LogP contribution >= 0.6 is 0 Å². The van der Waals surface area contributed by atoms with Gasteiger partial charge in [-0.2, -0.15) is 0 Å². The number of nitrogens with one attached hydrogen (secondary N) is 1. The number of nitrogens with zero attached hydrogens (tertiary/aromatic N) is 2. The van der Waals surface area contributed by atoms with Crippen molar-refractivity contribution in [2.45, 2.75) is 49.9 Å². The molecule has 1 aromatic rings. The Bertz CT molecular complexity index is 1500. The molecule has 212 valence electrons. The minimum Gasteiger partial charge on any atom is -0.508 e. The minimum absolute atomic E-state index is 0.0560. The zero-order valence-electron chi connectivity index (χ0n) is 21.8. The lowest BCUT2D eigenvalue weighted by Crippen LogP contribution is -2.65. The molecule has 5 atom stereocenters. The number of ketones is 2. The van der Waals surface area contributed by atoms with Crippen molar-refractivity contribution in [2.75, 3.05) is 26.0 Å². The van der Waals surface area contributed by atoms with Crippen molar-refractivity contribution in [1.82, 2.24) is 9.80 Å². The van der Waals surface area contributed by atoms with Gasteiger partial charge < -0.3 is 31.5 Å². The molecule has 13 heteroatoms. The quantitative estimate of drug-likeness (QED) is 0.214. The van der Waals surface area contributed by atoms with Gasteiger partial charge in [-0.15, -0.1) is 0 Å². The largest absolute Gasteiger partial charge is 0.508 e. The number of phenols is 1. The second-order valence-electron chi connectivity index (χ2n) is 11.4. The second kappa shape index (κ2) is 8.59. The van der Waals surface area contributed by atoms with Gasteiger partial charge in [-0.3, -0.25) is 29.0 Å². The number of halogens is 1. The van der Waals surface area contributed by atoms with Crippen molar-refractivity contribution in [3.8, 4) is 5.75 Å². The fraction of sp³-hybridized carbons (Fsp3) is 0.481. The van der Waals surface area contributed by atoms with E-state index in [1.807, 2.05) is 4.90 Å². The average Bonchev–Trinajstić information content (AvgIpc) is 3.29. The van der Waals surface area contributed by atoms with Crippen molar-refractivity contribution in [3.63, 3.8) is 0 Å². The number of amides is 2. The summed E-state index contributed by atoms with van der Waals surface area (Å²) < 4.78 is 16.2. The molecule has 7 N–H and O–H groups in total. The standard InChI is InChI=1S/C27H29FN4O8/c1-31(2)19-12-7-9-6-10-15(20(33)14(9)23(36)27(12,40)24(37)16(22(19)35)25(29)38)21(34)18-11(17(10)28)8-32-5-3-4-13(32)26(39)30-18/h9,12-13,19,33-34,37,40H,3-8H2,1-2H3,(H2,29,38)(H,30,39)/t9-,12?,13-,19-,27-/m0/s1. The lowest BCUT2D eigenvalue weighted by Gasteiger charge is -2.50. The van der Waals surface area contributed by atoms with E-state index >= 15 is 4.39 Å². The Kier molecular flexibility index (Phi) is 5.67. The number of hydrogen-bond acceptors (Lipinski definition) is 10. The highest BCUT2D eigenvalue weighted by Gasteiger charge is 2.64. The molecule has 0 spiro atoms. The molecule has 0 bridgehead atoms. The van der Waals surface area contributed by atoms with E-state index in [4.69, 9.17) is 5.73 Å². The number of fused-ring (bicyclic) bond motifs is 5. The summed E-state index contributed by atoms with van der Waals surface area (Å²) in [5.41, 5.74) is 0.649. The Hall–Kier alpha value is -3.81. The first-order valence-corrected chi connectivity index (χ1v) is 13.1. The van der Waals surface area contributed by atoms with Crippen LogP contribution in [0.5, 0.6) is 5.75 Å². The van der Waals surface area contributed by atoms with E-state index < -0.39 is 87.1 Å². The van der Waals surface area contributed by atoms with Crippen molar-refractivity contribution in [1.29, 1.82) is 0 Å². The van der Waals surface area contributed by atoms with Gasteiger partial charge >= 0.3 is 0 Å². The number of aliphatic hydroxyl groups is 3. The highest BCUT2D eigenvalue weighted by atomic mass is 19.1. The number of aromatic hydroxyl groups is 1. The predicted octanol–water partition coefficient (Wildman–Crippen LogP) is 0.0196. The molecule has 12 nitrogen and oxygen atoms in total. The zero-order valence-corrected chi connectivity index (χ0v) is 21.8. The summed E-state index contributed by atoms with van der Waals surface area (Å²) in [6.45, 7) is 0.631. The molecule has 2 heterocycles. The van der Waals surface area contributed by atoms with Gasteiger partial charge in [0.25, 0.3) is 5.91 Å². The van der Waals surface area contributed by atoms with Crippen LogP contribution in [0.3, 0.4) is 0 Å². The molecule has 0 aromatic heterocycles. The fourth-order valence-corrected chi connectivity index (χ4v) is 7.40. The number of benzene rings is 1. The monoisotopic (exact) mass is 556 g/mol. The van der Waals surface area contributed by atoms with Gasteiger partial charge in [-0.05, 0) is 52.2 Å². The van der Waals surface area contributed by atoms with Gasteiger partial charge in [0.2, 0.25) is 11.7 Å². The van der Waals surface area contributed by atoms with Crippen LogP contribution in [0.1, 0.15) is 36.0 Å². The van der Waals surface area contributed by atoms with Crippen molar-refractivity contribution < 1.29 is 44.0 Å². The number of rotatable bonds is 2. The Morgan fingerprint density at radius 1 is 1.18 bits per heavy atom. The minimum atomic E-state index is -2.79. The molecule has 0 radical (unpaired) electrons. The number of primary amides is 1. The van der Waals surface area contributed by atoms with Gasteiger partial charge in [0.05, 0.1) is 23.3 Å². The molecule has 3 aliphatic carbocycles. The second-order valence-corrected chi connectivity index (χ2v) is 11.4. The highest BCUT2D eigenvalue weighted by Crippen LogP contribution is 2.54. The van der Waals surface area contributed by atoms with E-state index in [-0.39, 0.29) is 41.8 Å². The maximum Gasteiger partial charge on any atom is 0.255 e. The molecule has 2 fully saturated rings. The van der Waals surface area contributed by atoms with Gasteiger partial charge in [0.1, 0.15) is 22.9 Å². The van der Waals surface area contributed by atoms with Gasteiger partial charge in [-0.1, -0.05) is 0 Å². The normalized spacial score (nSPS) is 31.8. The van der Waals surface area contributed by atoms with E-state index in [1.54, 1.807) is 0 Å². The molecule has 1 unspecified atom stereocenters. The van der Waals surface area contributed by atoms with Crippen LogP contribution in [0.2, 0.25) is 0 Å². The topological polar surface area (TPSA) is 194 Å². The van der Waals surface area contributed by atoms with Crippen molar-refractivity contribution >= 4 is 34.8 Å². The van der Waals surface area contributed by atoms with Crippen LogP contribution in [0.15, 0.2) is 16.9 Å². The Morgan fingerprint density at radius 2 is 1.88 bits per heavy atom. The average molecular weight is 557 g/mol. The molecule has 5 aliphatic rings.